The Labute approximate surface area is 162 Å². The number of carbonyl (C=O) groups excluding carboxylic acids is 2. The molecular formula is C20H30ClN3O2. The Kier molecular flexibility index (Phi) is 7.91. The predicted molar refractivity (Wildman–Crippen MR) is 105 cm³/mol. The van der Waals surface area contributed by atoms with Crippen LogP contribution in [0.5, 0.6) is 0 Å². The molecule has 3 rings (SSSR count). The van der Waals surface area contributed by atoms with Crippen molar-refractivity contribution in [2.24, 2.45) is 5.92 Å². The maximum atomic E-state index is 12.6. The Morgan fingerprint density at radius 1 is 1.04 bits per heavy atom. The second-order valence-corrected chi connectivity index (χ2v) is 7.25. The quantitative estimate of drug-likeness (QED) is 0.826. The maximum Gasteiger partial charge on any atom is 0.253 e. The molecule has 2 N–H and O–H groups in total. The Morgan fingerprint density at radius 2 is 1.65 bits per heavy atom. The number of piperidine rings is 1. The van der Waals surface area contributed by atoms with Gasteiger partial charge >= 0.3 is 0 Å². The largest absolute Gasteiger partial charge is 0.352 e. The van der Waals surface area contributed by atoms with Gasteiger partial charge in [-0.1, -0.05) is 25.0 Å². The summed E-state index contributed by atoms with van der Waals surface area (Å²) in [7, 11) is 1.98. The first-order valence-electron chi connectivity index (χ1n) is 9.50. The second-order valence-electron chi connectivity index (χ2n) is 7.25. The van der Waals surface area contributed by atoms with Crippen molar-refractivity contribution in [3.8, 4) is 0 Å². The van der Waals surface area contributed by atoms with Crippen molar-refractivity contribution in [2.75, 3.05) is 20.1 Å². The lowest BCUT2D eigenvalue weighted by Gasteiger charge is -2.31. The molecule has 1 aliphatic heterocycles. The van der Waals surface area contributed by atoms with Gasteiger partial charge in [0, 0.05) is 37.2 Å². The lowest BCUT2D eigenvalue weighted by molar-refractivity contribution is -0.124. The summed E-state index contributed by atoms with van der Waals surface area (Å²) >= 11 is 0. The zero-order valence-electron chi connectivity index (χ0n) is 15.5. The number of halogens is 1. The van der Waals surface area contributed by atoms with Gasteiger partial charge in [0.25, 0.3) is 5.91 Å². The van der Waals surface area contributed by atoms with Crippen molar-refractivity contribution in [3.63, 3.8) is 0 Å². The van der Waals surface area contributed by atoms with Gasteiger partial charge in [-0.15, -0.1) is 12.4 Å². The number of carbonyl (C=O) groups is 2. The number of nitrogens with one attached hydrogen (secondary N) is 2. The van der Waals surface area contributed by atoms with Gasteiger partial charge in [-0.3, -0.25) is 9.59 Å². The summed E-state index contributed by atoms with van der Waals surface area (Å²) in [5.41, 5.74) is 1.77. The second kappa shape index (κ2) is 9.93. The molecule has 0 aromatic heterocycles. The van der Waals surface area contributed by atoms with Crippen LogP contribution in [0.1, 0.15) is 54.4 Å². The Bertz CT molecular complexity index is 592. The van der Waals surface area contributed by atoms with Crippen molar-refractivity contribution in [3.05, 3.63) is 35.4 Å². The number of hydrogen-bond acceptors (Lipinski definition) is 3. The molecule has 26 heavy (non-hydrogen) atoms. The number of nitrogens with zero attached hydrogens (tertiary/aromatic N) is 1. The molecule has 2 amide bonds. The molecule has 1 saturated heterocycles. The third-order valence-electron chi connectivity index (χ3n) is 5.58. The van der Waals surface area contributed by atoms with E-state index in [0.29, 0.717) is 12.6 Å². The first kappa shape index (κ1) is 20.7. The SMILES string of the molecule is CNC1CCN(C(=O)c2ccc(CNC(=O)C3CCCC3)cc2)CC1.Cl. The van der Waals surface area contributed by atoms with Gasteiger partial charge in [0.2, 0.25) is 5.91 Å². The van der Waals surface area contributed by atoms with Gasteiger partial charge in [0.05, 0.1) is 0 Å². The number of amides is 2. The highest BCUT2D eigenvalue weighted by molar-refractivity contribution is 5.94. The molecule has 6 heteroatoms. The monoisotopic (exact) mass is 379 g/mol. The minimum absolute atomic E-state index is 0. The molecule has 144 valence electrons. The van der Waals surface area contributed by atoms with Crippen LogP contribution < -0.4 is 10.6 Å². The fraction of sp³-hybridized carbons (Fsp3) is 0.600. The summed E-state index contributed by atoms with van der Waals surface area (Å²) in [5.74, 6) is 0.475. The third-order valence-corrected chi connectivity index (χ3v) is 5.58. The van der Waals surface area contributed by atoms with E-state index in [-0.39, 0.29) is 30.1 Å². The Balaban J connectivity index is 0.00000243. The summed E-state index contributed by atoms with van der Waals surface area (Å²) in [6.07, 6.45) is 6.38. The average molecular weight is 380 g/mol. The van der Waals surface area contributed by atoms with Gasteiger partial charge in [-0.05, 0) is 50.4 Å². The summed E-state index contributed by atoms with van der Waals surface area (Å²) in [6.45, 7) is 2.16. The molecule has 0 atom stereocenters. The van der Waals surface area contributed by atoms with E-state index in [2.05, 4.69) is 10.6 Å². The van der Waals surface area contributed by atoms with E-state index in [1.807, 2.05) is 36.2 Å². The van der Waals surface area contributed by atoms with Crippen LogP contribution in [0.25, 0.3) is 0 Å². The van der Waals surface area contributed by atoms with Gasteiger partial charge < -0.3 is 15.5 Å². The molecule has 0 spiro atoms. The number of likely N-dealkylation sites (tertiary alicyclic amines) is 1. The van der Waals surface area contributed by atoms with Crippen LogP contribution >= 0.6 is 12.4 Å². The van der Waals surface area contributed by atoms with Crippen LogP contribution in [0, 0.1) is 5.92 Å². The van der Waals surface area contributed by atoms with Crippen LogP contribution in [0.2, 0.25) is 0 Å². The van der Waals surface area contributed by atoms with Gasteiger partial charge in [-0.25, -0.2) is 0 Å². The van der Waals surface area contributed by atoms with Crippen LogP contribution in [0.3, 0.4) is 0 Å². The van der Waals surface area contributed by atoms with E-state index in [1.54, 1.807) is 0 Å². The van der Waals surface area contributed by atoms with E-state index in [4.69, 9.17) is 0 Å². The highest BCUT2D eigenvalue weighted by Gasteiger charge is 2.23. The fourth-order valence-electron chi connectivity index (χ4n) is 3.84. The highest BCUT2D eigenvalue weighted by atomic mass is 35.5. The number of rotatable bonds is 5. The third kappa shape index (κ3) is 5.21. The molecule has 5 nitrogen and oxygen atoms in total. The van der Waals surface area contributed by atoms with Crippen LogP contribution in [-0.4, -0.2) is 42.9 Å². The van der Waals surface area contributed by atoms with Crippen molar-refractivity contribution >= 4 is 24.2 Å². The zero-order valence-corrected chi connectivity index (χ0v) is 16.3. The molecular weight excluding hydrogens is 350 g/mol. The normalized spacial score (nSPS) is 18.4. The van der Waals surface area contributed by atoms with Gasteiger partial charge in [0.15, 0.2) is 0 Å². The lowest BCUT2D eigenvalue weighted by atomic mass is 10.0. The molecule has 0 bridgehead atoms. The molecule has 1 saturated carbocycles. The topological polar surface area (TPSA) is 61.4 Å². The Morgan fingerprint density at radius 3 is 2.23 bits per heavy atom. The van der Waals surface area contributed by atoms with Crippen LogP contribution in [0.4, 0.5) is 0 Å². The molecule has 2 fully saturated rings. The predicted octanol–water partition coefficient (Wildman–Crippen LogP) is 2.74. The van der Waals surface area contributed by atoms with E-state index in [9.17, 15) is 9.59 Å². The van der Waals surface area contributed by atoms with E-state index < -0.39 is 0 Å². The summed E-state index contributed by atoms with van der Waals surface area (Å²) < 4.78 is 0. The van der Waals surface area contributed by atoms with Gasteiger partial charge in [0.1, 0.15) is 0 Å². The molecule has 0 unspecified atom stereocenters. The number of benzene rings is 1. The maximum absolute atomic E-state index is 12.6. The van der Waals surface area contributed by atoms with Crippen molar-refractivity contribution in [2.45, 2.75) is 51.1 Å². The molecule has 1 aromatic rings. The summed E-state index contributed by atoms with van der Waals surface area (Å²) in [6, 6.07) is 8.17. The van der Waals surface area contributed by atoms with Gasteiger partial charge in [-0.2, -0.15) is 0 Å². The average Bonchev–Trinajstić information content (AvgIpc) is 3.21. The molecule has 1 heterocycles. The molecule has 1 aliphatic carbocycles. The Hall–Kier alpha value is -1.59. The molecule has 2 aliphatic rings. The van der Waals surface area contributed by atoms with E-state index in [0.717, 1.165) is 49.9 Å². The lowest BCUT2D eigenvalue weighted by Crippen LogP contribution is -2.43. The summed E-state index contributed by atoms with van der Waals surface area (Å²) in [5, 5.41) is 6.30. The van der Waals surface area contributed by atoms with E-state index >= 15 is 0 Å². The minimum atomic E-state index is 0. The van der Waals surface area contributed by atoms with Crippen molar-refractivity contribution < 1.29 is 9.59 Å². The minimum Gasteiger partial charge on any atom is -0.352 e. The van der Waals surface area contributed by atoms with Crippen molar-refractivity contribution in [1.82, 2.24) is 15.5 Å². The number of hydrogen-bond donors (Lipinski definition) is 2. The first-order chi connectivity index (χ1) is 12.2. The van der Waals surface area contributed by atoms with Crippen LogP contribution in [0.15, 0.2) is 24.3 Å². The first-order valence-corrected chi connectivity index (χ1v) is 9.50. The standard InChI is InChI=1S/C20H29N3O2.ClH/c1-21-18-10-12-23(13-11-18)20(25)17-8-6-15(7-9-17)14-22-19(24)16-4-2-3-5-16;/h6-9,16,18,21H,2-5,10-14H2,1H3,(H,22,24);1H. The summed E-state index contributed by atoms with van der Waals surface area (Å²) in [4.78, 5) is 26.6. The molecule has 1 aromatic carbocycles. The highest BCUT2D eigenvalue weighted by Crippen LogP contribution is 2.24. The molecule has 0 radical (unpaired) electrons. The van der Waals surface area contributed by atoms with Crippen molar-refractivity contribution in [1.29, 1.82) is 0 Å². The van der Waals surface area contributed by atoms with Crippen LogP contribution in [-0.2, 0) is 11.3 Å². The fourth-order valence-corrected chi connectivity index (χ4v) is 3.84. The van der Waals surface area contributed by atoms with E-state index in [1.165, 1.54) is 12.8 Å². The smallest absolute Gasteiger partial charge is 0.253 e. The zero-order chi connectivity index (χ0) is 17.6.